The Morgan fingerprint density at radius 2 is 1.95 bits per heavy atom. The normalized spacial score (nSPS) is 30.7. The van der Waals surface area contributed by atoms with Gasteiger partial charge in [0.15, 0.2) is 0 Å². The second-order valence-electron chi connectivity index (χ2n) is 7.04. The molecular formula is C18H24N2O. The van der Waals surface area contributed by atoms with Crippen molar-refractivity contribution < 1.29 is 4.79 Å². The molecule has 3 aliphatic rings. The first-order valence-corrected chi connectivity index (χ1v) is 8.35. The zero-order chi connectivity index (χ0) is 14.4. The fraction of sp³-hybridized carbons (Fsp3) is 0.611. The molecule has 0 radical (unpaired) electrons. The van der Waals surface area contributed by atoms with Crippen LogP contribution in [0.2, 0.25) is 0 Å². The lowest BCUT2D eigenvalue weighted by Gasteiger charge is -2.29. The molecule has 0 bridgehead atoms. The second kappa shape index (κ2) is 4.84. The van der Waals surface area contributed by atoms with Gasteiger partial charge in [0, 0.05) is 6.54 Å². The summed E-state index contributed by atoms with van der Waals surface area (Å²) in [7, 11) is 0. The summed E-state index contributed by atoms with van der Waals surface area (Å²) in [6.07, 6.45) is 6.33. The predicted molar refractivity (Wildman–Crippen MR) is 82.5 cm³/mol. The summed E-state index contributed by atoms with van der Waals surface area (Å²) in [6.45, 7) is 3.05. The van der Waals surface area contributed by atoms with Gasteiger partial charge < -0.3 is 4.90 Å². The van der Waals surface area contributed by atoms with Crippen LogP contribution in [0.3, 0.4) is 0 Å². The van der Waals surface area contributed by atoms with E-state index in [-0.39, 0.29) is 12.2 Å². The summed E-state index contributed by atoms with van der Waals surface area (Å²) in [6, 6.07) is 10.4. The predicted octanol–water partition coefficient (Wildman–Crippen LogP) is 3.09. The molecule has 3 heteroatoms. The maximum absolute atomic E-state index is 12.7. The summed E-state index contributed by atoms with van der Waals surface area (Å²) in [5.74, 6) is 1.20. The Bertz CT molecular complexity index is 533. The maximum atomic E-state index is 12.7. The van der Waals surface area contributed by atoms with Crippen molar-refractivity contribution in [2.75, 3.05) is 6.54 Å². The van der Waals surface area contributed by atoms with Gasteiger partial charge in [0.2, 0.25) is 5.91 Å². The Kier molecular flexibility index (Phi) is 3.07. The topological polar surface area (TPSA) is 32.3 Å². The molecule has 112 valence electrons. The number of rotatable bonds is 5. The molecule has 2 saturated carbocycles. The summed E-state index contributed by atoms with van der Waals surface area (Å²) >= 11 is 0. The molecule has 1 aromatic carbocycles. The lowest BCUT2D eigenvalue weighted by atomic mass is 9.99. The molecule has 1 heterocycles. The van der Waals surface area contributed by atoms with Gasteiger partial charge in [-0.3, -0.25) is 10.1 Å². The Morgan fingerprint density at radius 1 is 1.24 bits per heavy atom. The van der Waals surface area contributed by atoms with Gasteiger partial charge in [-0.05, 0) is 49.0 Å². The molecule has 3 fully saturated rings. The largest absolute Gasteiger partial charge is 0.321 e. The quantitative estimate of drug-likeness (QED) is 0.901. The van der Waals surface area contributed by atoms with Gasteiger partial charge in [-0.2, -0.15) is 0 Å². The van der Waals surface area contributed by atoms with Crippen molar-refractivity contribution in [3.05, 3.63) is 35.9 Å². The third-order valence-corrected chi connectivity index (χ3v) is 5.60. The van der Waals surface area contributed by atoms with Crippen LogP contribution in [-0.2, 0) is 4.79 Å². The van der Waals surface area contributed by atoms with Gasteiger partial charge in [-0.1, -0.05) is 37.3 Å². The molecule has 1 aromatic rings. The molecule has 2 atom stereocenters. The van der Waals surface area contributed by atoms with Crippen molar-refractivity contribution >= 4 is 5.91 Å². The third-order valence-electron chi connectivity index (χ3n) is 5.60. The van der Waals surface area contributed by atoms with Gasteiger partial charge in [-0.15, -0.1) is 0 Å². The van der Waals surface area contributed by atoms with Gasteiger partial charge in [0.25, 0.3) is 0 Å². The minimum Gasteiger partial charge on any atom is -0.321 e. The van der Waals surface area contributed by atoms with Crippen LogP contribution in [0, 0.1) is 11.3 Å². The van der Waals surface area contributed by atoms with Crippen molar-refractivity contribution in [3.63, 3.8) is 0 Å². The van der Waals surface area contributed by atoms with Crippen LogP contribution < -0.4 is 5.32 Å². The summed E-state index contributed by atoms with van der Waals surface area (Å²) < 4.78 is 0. The minimum atomic E-state index is -0.00907. The van der Waals surface area contributed by atoms with Crippen molar-refractivity contribution in [1.82, 2.24) is 10.2 Å². The van der Waals surface area contributed by atoms with E-state index in [0.717, 1.165) is 18.9 Å². The van der Waals surface area contributed by atoms with Crippen LogP contribution in [-0.4, -0.2) is 23.4 Å². The highest BCUT2D eigenvalue weighted by Crippen LogP contribution is 2.62. The molecule has 1 saturated heterocycles. The van der Waals surface area contributed by atoms with Gasteiger partial charge >= 0.3 is 0 Å². The average molecular weight is 284 g/mol. The van der Waals surface area contributed by atoms with Crippen LogP contribution in [0.4, 0.5) is 0 Å². The molecule has 4 rings (SSSR count). The second-order valence-corrected chi connectivity index (χ2v) is 7.04. The van der Waals surface area contributed by atoms with Gasteiger partial charge in [0.1, 0.15) is 6.17 Å². The van der Waals surface area contributed by atoms with Crippen molar-refractivity contribution in [1.29, 1.82) is 0 Å². The molecule has 1 N–H and O–H groups in total. The number of benzene rings is 1. The van der Waals surface area contributed by atoms with E-state index in [1.165, 1.54) is 31.2 Å². The Labute approximate surface area is 126 Å². The Hall–Kier alpha value is -1.35. The van der Waals surface area contributed by atoms with E-state index < -0.39 is 0 Å². The zero-order valence-electron chi connectivity index (χ0n) is 12.7. The highest BCUT2D eigenvalue weighted by molar-refractivity contribution is 5.84. The van der Waals surface area contributed by atoms with Crippen molar-refractivity contribution in [3.8, 4) is 0 Å². The Balaban J connectivity index is 1.59. The highest BCUT2D eigenvalue weighted by atomic mass is 16.2. The summed E-state index contributed by atoms with van der Waals surface area (Å²) in [5, 5.41) is 3.54. The monoisotopic (exact) mass is 284 g/mol. The summed E-state index contributed by atoms with van der Waals surface area (Å²) in [5.41, 5.74) is 1.68. The molecule has 21 heavy (non-hydrogen) atoms. The SMILES string of the molecule is CCC1NC(c2ccccc2)N(CC2(C3CC3)CC2)C1=O. The van der Waals surface area contributed by atoms with E-state index in [4.69, 9.17) is 0 Å². The number of hydrogen-bond donors (Lipinski definition) is 1. The minimum absolute atomic E-state index is 0.00907. The van der Waals surface area contributed by atoms with E-state index in [9.17, 15) is 4.79 Å². The maximum Gasteiger partial charge on any atom is 0.241 e. The smallest absolute Gasteiger partial charge is 0.241 e. The fourth-order valence-corrected chi connectivity index (χ4v) is 3.94. The van der Waals surface area contributed by atoms with Crippen LogP contribution in [0.5, 0.6) is 0 Å². The molecule has 0 spiro atoms. The average Bonchev–Trinajstić information content (AvgIpc) is 3.40. The third kappa shape index (κ3) is 2.28. The zero-order valence-corrected chi connectivity index (χ0v) is 12.7. The van der Waals surface area contributed by atoms with Crippen LogP contribution in [0.15, 0.2) is 30.3 Å². The molecule has 2 unspecified atom stereocenters. The molecule has 1 aliphatic heterocycles. The highest BCUT2D eigenvalue weighted by Gasteiger charge is 2.56. The number of amides is 1. The first-order chi connectivity index (χ1) is 10.2. The van der Waals surface area contributed by atoms with E-state index >= 15 is 0 Å². The lowest BCUT2D eigenvalue weighted by Crippen LogP contribution is -2.36. The van der Waals surface area contributed by atoms with Crippen molar-refractivity contribution in [2.24, 2.45) is 11.3 Å². The molecule has 1 amide bonds. The number of hydrogen-bond acceptors (Lipinski definition) is 2. The van der Waals surface area contributed by atoms with E-state index in [0.29, 0.717) is 11.3 Å². The lowest BCUT2D eigenvalue weighted by molar-refractivity contribution is -0.131. The van der Waals surface area contributed by atoms with E-state index in [1.54, 1.807) is 0 Å². The molecule has 0 aromatic heterocycles. The summed E-state index contributed by atoms with van der Waals surface area (Å²) in [4.78, 5) is 14.9. The fourth-order valence-electron chi connectivity index (χ4n) is 3.94. The first-order valence-electron chi connectivity index (χ1n) is 8.35. The van der Waals surface area contributed by atoms with E-state index in [2.05, 4.69) is 41.4 Å². The Morgan fingerprint density at radius 3 is 2.52 bits per heavy atom. The molecular weight excluding hydrogens is 260 g/mol. The molecule has 2 aliphatic carbocycles. The number of nitrogens with zero attached hydrogens (tertiary/aromatic N) is 1. The van der Waals surface area contributed by atoms with Gasteiger partial charge in [-0.25, -0.2) is 0 Å². The van der Waals surface area contributed by atoms with Crippen LogP contribution in [0.1, 0.15) is 50.8 Å². The first kappa shape index (κ1) is 13.3. The number of nitrogens with one attached hydrogen (secondary N) is 1. The van der Waals surface area contributed by atoms with E-state index in [1.807, 2.05) is 6.07 Å². The van der Waals surface area contributed by atoms with Gasteiger partial charge in [0.05, 0.1) is 6.04 Å². The standard InChI is InChI=1S/C18H24N2O/c1-2-15-17(21)20(12-18(10-11-18)14-8-9-14)16(19-15)13-6-4-3-5-7-13/h3-7,14-16,19H,2,8-12H2,1H3. The van der Waals surface area contributed by atoms with Crippen LogP contribution in [0.25, 0.3) is 0 Å². The van der Waals surface area contributed by atoms with Crippen LogP contribution >= 0.6 is 0 Å². The van der Waals surface area contributed by atoms with Crippen molar-refractivity contribution in [2.45, 2.75) is 51.2 Å². The number of carbonyl (C=O) groups is 1. The molecule has 3 nitrogen and oxygen atoms in total. The number of carbonyl (C=O) groups excluding carboxylic acids is 1.